The van der Waals surface area contributed by atoms with Crippen LogP contribution in [0.15, 0.2) is 29.3 Å². The molecule has 2 unspecified atom stereocenters. The minimum Gasteiger partial charge on any atom is -0.508 e. The normalized spacial score (nSPS) is 25.8. The van der Waals surface area contributed by atoms with Crippen molar-refractivity contribution in [1.29, 1.82) is 0 Å². The monoisotopic (exact) mass is 646 g/mol. The van der Waals surface area contributed by atoms with Crippen molar-refractivity contribution in [3.63, 3.8) is 0 Å². The Labute approximate surface area is 268 Å². The Kier molecular flexibility index (Phi) is 7.19. The van der Waals surface area contributed by atoms with Crippen LogP contribution >= 0.6 is 11.8 Å². The first-order valence-electron chi connectivity index (χ1n) is 15.7. The van der Waals surface area contributed by atoms with Crippen LogP contribution in [0.5, 0.6) is 11.8 Å². The number of hydrogen-bond donors (Lipinski definition) is 2. The molecule has 4 aliphatic heterocycles. The number of halogens is 3. The zero-order chi connectivity index (χ0) is 31.7. The molecule has 2 bridgehead atoms. The lowest BCUT2D eigenvalue weighted by Gasteiger charge is -2.35. The van der Waals surface area contributed by atoms with E-state index >= 15 is 4.39 Å². The van der Waals surface area contributed by atoms with Gasteiger partial charge in [0.25, 0.3) is 0 Å². The molecule has 238 valence electrons. The average molecular weight is 647 g/mol. The number of thioether (sulfide) groups is 1. The van der Waals surface area contributed by atoms with Gasteiger partial charge in [-0.25, -0.2) is 18.2 Å². The van der Waals surface area contributed by atoms with Crippen LogP contribution < -0.4 is 15.0 Å². The molecule has 0 aliphatic carbocycles. The summed E-state index contributed by atoms with van der Waals surface area (Å²) in [6, 6.07) is 6.09. The summed E-state index contributed by atoms with van der Waals surface area (Å²) >= 11 is 1.32. The van der Waals surface area contributed by atoms with Crippen LogP contribution in [0, 0.1) is 24.0 Å². The van der Waals surface area contributed by atoms with Gasteiger partial charge in [0.2, 0.25) is 0 Å². The number of benzene rings is 2. The number of pyridine rings is 1. The largest absolute Gasteiger partial charge is 0.508 e. The van der Waals surface area contributed by atoms with Gasteiger partial charge in [-0.2, -0.15) is 9.97 Å². The number of hydrogen-bond acceptors (Lipinski definition) is 9. The van der Waals surface area contributed by atoms with E-state index in [1.807, 2.05) is 6.26 Å². The molecule has 0 saturated carbocycles. The molecule has 4 atom stereocenters. The number of anilines is 1. The predicted octanol–water partition coefficient (Wildman–Crippen LogP) is 5.43. The smallest absolute Gasteiger partial charge is 0.319 e. The molecule has 4 aromatic rings. The second kappa shape index (κ2) is 11.2. The van der Waals surface area contributed by atoms with E-state index in [2.05, 4.69) is 26.0 Å². The topological polar surface area (TPSA) is 86.6 Å². The van der Waals surface area contributed by atoms with Gasteiger partial charge in [0.15, 0.2) is 5.82 Å². The van der Waals surface area contributed by atoms with E-state index in [9.17, 15) is 13.9 Å². The zero-order valence-corrected chi connectivity index (χ0v) is 26.1. The Morgan fingerprint density at radius 2 is 1.93 bits per heavy atom. The molecule has 8 rings (SSSR count). The highest BCUT2D eigenvalue weighted by molar-refractivity contribution is 7.98. The van der Waals surface area contributed by atoms with Crippen molar-refractivity contribution in [2.24, 2.45) is 0 Å². The highest BCUT2D eigenvalue weighted by atomic mass is 32.2. The van der Waals surface area contributed by atoms with E-state index in [0.29, 0.717) is 47.7 Å². The lowest BCUT2D eigenvalue weighted by atomic mass is 9.95. The van der Waals surface area contributed by atoms with Gasteiger partial charge in [0, 0.05) is 49.1 Å². The number of phenolic OH excluding ortho intramolecular Hbond substituents is 1. The maximum absolute atomic E-state index is 17.0. The Hall–Kier alpha value is -3.79. The van der Waals surface area contributed by atoms with Gasteiger partial charge in [0.05, 0.1) is 16.5 Å². The number of nitrogens with one attached hydrogen (secondary N) is 1. The van der Waals surface area contributed by atoms with Crippen LogP contribution in [0.3, 0.4) is 0 Å². The number of nitrogens with zero attached hydrogens (tertiary/aromatic N) is 5. The molecule has 6 heterocycles. The zero-order valence-electron chi connectivity index (χ0n) is 25.3. The lowest BCUT2D eigenvalue weighted by molar-refractivity contribution is 0.107. The van der Waals surface area contributed by atoms with Crippen LogP contribution in [0.2, 0.25) is 0 Å². The Morgan fingerprint density at radius 1 is 1.13 bits per heavy atom. The highest BCUT2D eigenvalue weighted by Crippen LogP contribution is 2.44. The Morgan fingerprint density at radius 3 is 2.70 bits per heavy atom. The van der Waals surface area contributed by atoms with Crippen molar-refractivity contribution in [3.8, 4) is 35.4 Å². The van der Waals surface area contributed by atoms with Crippen molar-refractivity contribution in [2.75, 3.05) is 43.9 Å². The van der Waals surface area contributed by atoms with Gasteiger partial charge in [-0.1, -0.05) is 12.0 Å². The minimum absolute atomic E-state index is 0.00551. The van der Waals surface area contributed by atoms with Gasteiger partial charge in [-0.05, 0) is 62.1 Å². The van der Waals surface area contributed by atoms with Crippen LogP contribution in [0.25, 0.3) is 32.9 Å². The average Bonchev–Trinajstić information content (AvgIpc) is 3.70. The van der Waals surface area contributed by atoms with E-state index in [0.717, 1.165) is 32.2 Å². The fraction of sp³-hybridized carbons (Fsp3) is 0.441. The minimum atomic E-state index is -0.918. The van der Waals surface area contributed by atoms with E-state index < -0.39 is 23.3 Å². The summed E-state index contributed by atoms with van der Waals surface area (Å²) in [5, 5.41) is 15.9. The summed E-state index contributed by atoms with van der Waals surface area (Å²) in [4.78, 5) is 18.6. The van der Waals surface area contributed by atoms with Crippen molar-refractivity contribution in [3.05, 3.63) is 41.5 Å². The van der Waals surface area contributed by atoms with Crippen molar-refractivity contribution < 1.29 is 23.0 Å². The Bertz CT molecular complexity index is 1930. The number of piperazine rings is 1. The maximum atomic E-state index is 17.0. The number of fused-ring (bicyclic) bond motifs is 5. The van der Waals surface area contributed by atoms with Gasteiger partial charge < -0.3 is 20.1 Å². The number of aromatic hydroxyl groups is 1. The molecule has 2 aromatic heterocycles. The maximum Gasteiger partial charge on any atom is 0.319 e. The Balaban J connectivity index is 1.32. The van der Waals surface area contributed by atoms with Crippen molar-refractivity contribution in [2.45, 2.75) is 60.9 Å². The van der Waals surface area contributed by atoms with E-state index in [1.54, 1.807) is 0 Å². The van der Waals surface area contributed by atoms with Crippen molar-refractivity contribution in [1.82, 2.24) is 25.2 Å². The van der Waals surface area contributed by atoms with Crippen molar-refractivity contribution >= 4 is 39.3 Å². The molecule has 0 spiro atoms. The third kappa shape index (κ3) is 4.74. The van der Waals surface area contributed by atoms with E-state index in [4.69, 9.17) is 21.1 Å². The molecule has 4 aliphatic rings. The first-order valence-corrected chi connectivity index (χ1v) is 16.9. The summed E-state index contributed by atoms with van der Waals surface area (Å²) in [6.45, 7) is 2.76. The van der Waals surface area contributed by atoms with Crippen LogP contribution in [0.1, 0.15) is 37.7 Å². The summed E-state index contributed by atoms with van der Waals surface area (Å²) in [5.74, 6) is 1.39. The summed E-state index contributed by atoms with van der Waals surface area (Å²) in [5.41, 5.74) is -0.445. The summed E-state index contributed by atoms with van der Waals surface area (Å²) in [6.07, 6.45) is 10.9. The molecule has 4 fully saturated rings. The van der Waals surface area contributed by atoms with Crippen LogP contribution in [-0.4, -0.2) is 87.8 Å². The van der Waals surface area contributed by atoms with Crippen LogP contribution in [0.4, 0.5) is 19.0 Å². The fourth-order valence-electron chi connectivity index (χ4n) is 8.09. The second-order valence-electron chi connectivity index (χ2n) is 12.9. The first-order chi connectivity index (χ1) is 22.3. The van der Waals surface area contributed by atoms with E-state index in [-0.39, 0.29) is 58.2 Å². The summed E-state index contributed by atoms with van der Waals surface area (Å²) in [7, 11) is 0. The number of ether oxygens (including phenoxy) is 1. The first kappa shape index (κ1) is 29.6. The lowest BCUT2D eigenvalue weighted by Crippen LogP contribution is -2.51. The molecule has 4 saturated heterocycles. The molecule has 46 heavy (non-hydrogen) atoms. The molecule has 2 N–H and O–H groups in total. The van der Waals surface area contributed by atoms with E-state index in [1.165, 1.54) is 36.0 Å². The van der Waals surface area contributed by atoms with Gasteiger partial charge in [-0.3, -0.25) is 4.90 Å². The summed E-state index contributed by atoms with van der Waals surface area (Å²) < 4.78 is 52.8. The quantitative estimate of drug-likeness (QED) is 0.211. The molecular formula is C34H33F3N6O2S. The van der Waals surface area contributed by atoms with Gasteiger partial charge in [-0.15, -0.1) is 18.2 Å². The third-order valence-corrected chi connectivity index (χ3v) is 10.8. The van der Waals surface area contributed by atoms with Gasteiger partial charge in [0.1, 0.15) is 46.4 Å². The number of rotatable bonds is 6. The van der Waals surface area contributed by atoms with Crippen LogP contribution in [-0.2, 0) is 0 Å². The standard InChI is InChI=1S/C34H33F3N6O2S/c1-3-23-25(36)8-5-18-11-22(44)12-24(26(18)23)29-28(37)30-27(32(39-29)46-2)31(42-15-20-6-7-21(16-42)38-20)41-33(40-30)45-17-34-9-4-10-43(34)14-19(35)13-34/h1,5,8,11-12,19-21,38,44H,4,6-7,9-10,13-17H2,2H3/t19-,20?,21?,34+/m1/s1. The number of aromatic nitrogens is 3. The number of terminal acetylenes is 1. The molecule has 2 aromatic carbocycles. The molecule has 0 amide bonds. The number of phenols is 1. The predicted molar refractivity (Wildman–Crippen MR) is 172 cm³/mol. The highest BCUT2D eigenvalue weighted by Gasteiger charge is 2.49. The number of alkyl halides is 1. The SMILES string of the molecule is C#Cc1c(F)ccc2cc(O)cc(-c3nc(SC)c4c(N5CC6CCC(C5)N6)nc(OC[C@@]56CCCN5C[C@H](F)C6)nc4c3F)c12. The molecular weight excluding hydrogens is 613 g/mol. The molecule has 0 radical (unpaired) electrons. The van der Waals surface area contributed by atoms with Gasteiger partial charge >= 0.3 is 6.01 Å². The fourth-order valence-corrected chi connectivity index (χ4v) is 8.67. The third-order valence-electron chi connectivity index (χ3n) is 10.1. The molecule has 12 heteroatoms. The second-order valence-corrected chi connectivity index (χ2v) is 13.7. The molecule has 8 nitrogen and oxygen atoms in total.